The van der Waals surface area contributed by atoms with Crippen molar-refractivity contribution in [3.63, 3.8) is 0 Å². The summed E-state index contributed by atoms with van der Waals surface area (Å²) >= 11 is 2.38. The molecule has 0 amide bonds. The van der Waals surface area contributed by atoms with Gasteiger partial charge in [-0.05, 0) is 63.2 Å². The summed E-state index contributed by atoms with van der Waals surface area (Å²) in [5.41, 5.74) is 2.62. The molecule has 1 saturated carbocycles. The van der Waals surface area contributed by atoms with E-state index in [4.69, 9.17) is 0 Å². The number of fused-ring (bicyclic) bond motifs is 3. The van der Waals surface area contributed by atoms with Crippen molar-refractivity contribution < 1.29 is 4.39 Å². The van der Waals surface area contributed by atoms with E-state index < -0.39 is 0 Å². The lowest BCUT2D eigenvalue weighted by Gasteiger charge is -2.10. The summed E-state index contributed by atoms with van der Waals surface area (Å²) in [7, 11) is 1.90. The first-order valence-electron chi connectivity index (χ1n) is 4.35. The molecule has 1 aromatic rings. The predicted molar refractivity (Wildman–Crippen MR) is 61.5 cm³/mol. The summed E-state index contributed by atoms with van der Waals surface area (Å²) in [5.74, 6) is 0.694. The van der Waals surface area contributed by atoms with E-state index in [1.165, 1.54) is 17.5 Å². The maximum Gasteiger partial charge on any atom is 0.123 e. The van der Waals surface area contributed by atoms with Crippen molar-refractivity contribution >= 4 is 30.1 Å². The topological polar surface area (TPSA) is 0 Å². The van der Waals surface area contributed by atoms with Crippen molar-refractivity contribution in [1.29, 1.82) is 0 Å². The highest BCUT2D eigenvalue weighted by atomic mass is 127. The summed E-state index contributed by atoms with van der Waals surface area (Å²) in [4.78, 5) is 0. The smallest absolute Gasteiger partial charge is 0.123 e. The molecule has 2 unspecified atom stereocenters. The molecule has 1 aromatic carbocycles. The van der Waals surface area contributed by atoms with Crippen LogP contribution in [0, 0.1) is 11.7 Å². The quantitative estimate of drug-likeness (QED) is 0.713. The second-order valence-electron chi connectivity index (χ2n) is 3.87. The molecule has 0 saturated heterocycles. The molecule has 3 heteroatoms. The number of benzene rings is 1. The second kappa shape index (κ2) is 2.63. The minimum atomic E-state index is -0.0892. The van der Waals surface area contributed by atoms with Crippen LogP contribution < -0.4 is 0 Å². The molecule has 0 nitrogen and oxygen atoms in total. The third-order valence-electron chi connectivity index (χ3n) is 3.18. The van der Waals surface area contributed by atoms with Gasteiger partial charge in [-0.15, -0.1) is 0 Å². The molecule has 68 valence electrons. The molecule has 0 N–H and O–H groups in total. The Labute approximate surface area is 92.9 Å². The van der Waals surface area contributed by atoms with Gasteiger partial charge in [0.05, 0.1) is 4.75 Å². The largest absolute Gasteiger partial charge is 0.207 e. The molecular weight excluding hydrogens is 298 g/mol. The molecule has 0 spiro atoms. The Balaban J connectivity index is 2.14. The molecule has 0 bridgehead atoms. The van der Waals surface area contributed by atoms with Gasteiger partial charge in [-0.2, -0.15) is 0 Å². The molecule has 0 radical (unpaired) electrons. The highest BCUT2D eigenvalue weighted by molar-refractivity contribution is 14.2. The van der Waals surface area contributed by atoms with Crippen LogP contribution in [0.15, 0.2) is 18.2 Å². The van der Waals surface area contributed by atoms with Crippen LogP contribution >= 0.6 is 30.1 Å². The SMILES string of the molecule is Fc1ccc2c(c1)CC1CC21SI. The molecule has 13 heavy (non-hydrogen) atoms. The molecule has 0 aliphatic heterocycles. The standard InChI is InChI=1S/C10H8FIS/c11-8-1-2-9-6(4-8)3-7-5-10(7,9)13-12/h1-2,4,7H,3,5H2. The predicted octanol–water partition coefficient (Wildman–Crippen LogP) is 3.68. The number of rotatable bonds is 1. The summed E-state index contributed by atoms with van der Waals surface area (Å²) in [6.45, 7) is 0. The van der Waals surface area contributed by atoms with Crippen LogP contribution in [0.2, 0.25) is 0 Å². The van der Waals surface area contributed by atoms with Crippen LogP contribution in [-0.4, -0.2) is 0 Å². The van der Waals surface area contributed by atoms with Crippen molar-refractivity contribution in [1.82, 2.24) is 0 Å². The van der Waals surface area contributed by atoms with E-state index in [9.17, 15) is 4.39 Å². The fourth-order valence-corrected chi connectivity index (χ4v) is 5.51. The van der Waals surface area contributed by atoms with E-state index in [2.05, 4.69) is 21.2 Å². The van der Waals surface area contributed by atoms with E-state index in [-0.39, 0.29) is 5.82 Å². The molecule has 2 atom stereocenters. The second-order valence-corrected chi connectivity index (χ2v) is 6.08. The minimum Gasteiger partial charge on any atom is -0.207 e. The molecule has 2 aliphatic rings. The van der Waals surface area contributed by atoms with Crippen molar-refractivity contribution in [3.05, 3.63) is 35.1 Å². The van der Waals surface area contributed by atoms with Crippen LogP contribution in [0.4, 0.5) is 4.39 Å². The Morgan fingerprint density at radius 3 is 3.15 bits per heavy atom. The summed E-state index contributed by atoms with van der Waals surface area (Å²) in [6.07, 6.45) is 2.38. The Hall–Kier alpha value is 0.230. The van der Waals surface area contributed by atoms with Crippen LogP contribution in [0.3, 0.4) is 0 Å². The fraction of sp³-hybridized carbons (Fsp3) is 0.400. The average molecular weight is 306 g/mol. The Bertz CT molecular complexity index is 375. The third kappa shape index (κ3) is 1.03. The maximum atomic E-state index is 12.9. The van der Waals surface area contributed by atoms with Gasteiger partial charge in [0.15, 0.2) is 0 Å². The Kier molecular flexibility index (Phi) is 1.72. The lowest BCUT2D eigenvalue weighted by molar-refractivity contribution is 0.625. The average Bonchev–Trinajstić information content (AvgIpc) is 2.74. The van der Waals surface area contributed by atoms with Gasteiger partial charge >= 0.3 is 0 Å². The van der Waals surface area contributed by atoms with Gasteiger partial charge in [0.2, 0.25) is 0 Å². The zero-order chi connectivity index (χ0) is 9.05. The van der Waals surface area contributed by atoms with E-state index in [1.54, 1.807) is 12.1 Å². The third-order valence-corrected chi connectivity index (χ3v) is 6.53. The van der Waals surface area contributed by atoms with Crippen molar-refractivity contribution in [2.75, 3.05) is 0 Å². The van der Waals surface area contributed by atoms with Crippen molar-refractivity contribution in [2.45, 2.75) is 17.6 Å². The van der Waals surface area contributed by atoms with Gasteiger partial charge in [-0.3, -0.25) is 0 Å². The van der Waals surface area contributed by atoms with Gasteiger partial charge < -0.3 is 0 Å². The lowest BCUT2D eigenvalue weighted by atomic mass is 10.1. The van der Waals surface area contributed by atoms with Gasteiger partial charge in [0.25, 0.3) is 0 Å². The van der Waals surface area contributed by atoms with Crippen LogP contribution in [0.5, 0.6) is 0 Å². The fourth-order valence-electron chi connectivity index (χ4n) is 2.42. The molecule has 0 heterocycles. The van der Waals surface area contributed by atoms with Crippen molar-refractivity contribution in [3.8, 4) is 0 Å². The number of halogens is 2. The molecule has 0 aromatic heterocycles. The summed E-state index contributed by atoms with van der Waals surface area (Å²) in [5, 5.41) is 0. The highest BCUT2D eigenvalue weighted by Gasteiger charge is 2.60. The Morgan fingerprint density at radius 2 is 2.38 bits per heavy atom. The van der Waals surface area contributed by atoms with Crippen LogP contribution in [-0.2, 0) is 11.2 Å². The van der Waals surface area contributed by atoms with Crippen molar-refractivity contribution in [2.24, 2.45) is 5.92 Å². The highest BCUT2D eigenvalue weighted by Crippen LogP contribution is 2.69. The van der Waals surface area contributed by atoms with Gasteiger partial charge in [-0.1, -0.05) is 15.0 Å². The molecular formula is C10H8FIS. The van der Waals surface area contributed by atoms with Gasteiger partial charge in [0, 0.05) is 0 Å². The molecule has 3 rings (SSSR count). The van der Waals surface area contributed by atoms with Gasteiger partial charge in [0.1, 0.15) is 5.82 Å². The summed E-state index contributed by atoms with van der Waals surface area (Å²) in [6, 6.07) is 5.27. The van der Waals surface area contributed by atoms with E-state index >= 15 is 0 Å². The maximum absolute atomic E-state index is 12.9. The zero-order valence-electron chi connectivity index (χ0n) is 6.89. The molecule has 2 aliphatic carbocycles. The number of hydrogen-bond donors (Lipinski definition) is 0. The van der Waals surface area contributed by atoms with E-state index in [0.29, 0.717) is 4.75 Å². The zero-order valence-corrected chi connectivity index (χ0v) is 9.86. The minimum absolute atomic E-state index is 0.0892. The Morgan fingerprint density at radius 1 is 1.54 bits per heavy atom. The first kappa shape index (κ1) is 8.53. The molecule has 1 fully saturated rings. The lowest BCUT2D eigenvalue weighted by Crippen LogP contribution is -1.98. The normalized spacial score (nSPS) is 34.2. The first-order chi connectivity index (χ1) is 6.26. The first-order valence-corrected chi connectivity index (χ1v) is 7.71. The summed E-state index contributed by atoms with van der Waals surface area (Å²) < 4.78 is 13.3. The number of hydrogen-bond acceptors (Lipinski definition) is 1. The van der Waals surface area contributed by atoms with E-state index in [1.807, 2.05) is 15.0 Å². The van der Waals surface area contributed by atoms with Crippen LogP contribution in [0.25, 0.3) is 0 Å². The van der Waals surface area contributed by atoms with Gasteiger partial charge in [-0.25, -0.2) is 4.39 Å². The monoisotopic (exact) mass is 306 g/mol. The van der Waals surface area contributed by atoms with E-state index in [0.717, 1.165) is 12.3 Å². The van der Waals surface area contributed by atoms with Crippen LogP contribution in [0.1, 0.15) is 17.5 Å².